The van der Waals surface area contributed by atoms with E-state index in [0.717, 1.165) is 23.6 Å². The lowest BCUT2D eigenvalue weighted by atomic mass is 10.1. The number of aryl methyl sites for hydroxylation is 1. The Morgan fingerprint density at radius 1 is 1.53 bits per heavy atom. The number of nitrogens with zero attached hydrogens (tertiary/aromatic N) is 4. The van der Waals surface area contributed by atoms with Crippen LogP contribution in [0.3, 0.4) is 0 Å². The molecule has 0 bridgehead atoms. The summed E-state index contributed by atoms with van der Waals surface area (Å²) >= 11 is 7.19. The minimum atomic E-state index is -0.144. The summed E-state index contributed by atoms with van der Waals surface area (Å²) in [5.41, 5.74) is 1.15. The van der Waals surface area contributed by atoms with Crippen LogP contribution in [0.5, 0.6) is 0 Å². The maximum atomic E-state index is 12.6. The largest absolute Gasteiger partial charge is 0.286 e. The molecule has 0 N–H and O–H groups in total. The molecule has 0 saturated carbocycles. The van der Waals surface area contributed by atoms with Gasteiger partial charge in [-0.2, -0.15) is 5.10 Å². The lowest BCUT2D eigenvalue weighted by molar-refractivity contribution is 0.103. The third-order valence-electron chi connectivity index (χ3n) is 2.71. The second-order valence-electron chi connectivity index (χ2n) is 4.54. The first-order valence-corrected chi connectivity index (χ1v) is 7.29. The Hall–Kier alpha value is -1.27. The summed E-state index contributed by atoms with van der Waals surface area (Å²) in [6.45, 7) is 6.66. The summed E-state index contributed by atoms with van der Waals surface area (Å²) in [6.07, 6.45) is 2.39. The molecule has 2 heterocycles. The highest BCUT2D eigenvalue weighted by molar-refractivity contribution is 7.08. The average molecular weight is 299 g/mol. The van der Waals surface area contributed by atoms with Gasteiger partial charge in [0.2, 0.25) is 5.78 Å². The van der Waals surface area contributed by atoms with Gasteiger partial charge in [-0.3, -0.25) is 9.48 Å². The number of carbonyl (C=O) groups is 1. The van der Waals surface area contributed by atoms with Crippen LogP contribution < -0.4 is 0 Å². The van der Waals surface area contributed by atoms with Crippen LogP contribution in [0, 0.1) is 0 Å². The van der Waals surface area contributed by atoms with E-state index < -0.39 is 0 Å². The number of carbonyl (C=O) groups excluding carboxylic acids is 1. The second kappa shape index (κ2) is 5.79. The van der Waals surface area contributed by atoms with E-state index in [0.29, 0.717) is 22.1 Å². The van der Waals surface area contributed by atoms with Gasteiger partial charge >= 0.3 is 0 Å². The Bertz CT molecular complexity index is 590. The van der Waals surface area contributed by atoms with Crippen LogP contribution in [0.2, 0.25) is 5.02 Å². The number of ketones is 1. The van der Waals surface area contributed by atoms with E-state index in [-0.39, 0.29) is 11.7 Å². The van der Waals surface area contributed by atoms with Crippen molar-refractivity contribution in [1.82, 2.24) is 19.4 Å². The summed E-state index contributed by atoms with van der Waals surface area (Å²) in [5.74, 6) is 0.00803. The molecule has 19 heavy (non-hydrogen) atoms. The summed E-state index contributed by atoms with van der Waals surface area (Å²) in [6, 6.07) is 0. The predicted molar refractivity (Wildman–Crippen MR) is 75.0 cm³/mol. The van der Waals surface area contributed by atoms with Gasteiger partial charge in [-0.15, -0.1) is 5.10 Å². The van der Waals surface area contributed by atoms with Gasteiger partial charge in [-0.1, -0.05) is 36.9 Å². The van der Waals surface area contributed by atoms with Gasteiger partial charge in [0.1, 0.15) is 10.6 Å². The molecule has 102 valence electrons. The molecule has 0 aromatic carbocycles. The minimum absolute atomic E-state index is 0.144. The van der Waals surface area contributed by atoms with Crippen molar-refractivity contribution in [3.63, 3.8) is 0 Å². The van der Waals surface area contributed by atoms with Crippen LogP contribution in [0.15, 0.2) is 6.20 Å². The quantitative estimate of drug-likeness (QED) is 0.796. The van der Waals surface area contributed by atoms with E-state index >= 15 is 0 Å². The third kappa shape index (κ3) is 2.69. The summed E-state index contributed by atoms with van der Waals surface area (Å²) in [7, 11) is 0. The molecular formula is C12H15ClN4OS. The monoisotopic (exact) mass is 298 g/mol. The van der Waals surface area contributed by atoms with Crippen molar-refractivity contribution < 1.29 is 4.79 Å². The zero-order valence-electron chi connectivity index (χ0n) is 11.1. The first kappa shape index (κ1) is 14.1. The second-order valence-corrected chi connectivity index (χ2v) is 5.70. The molecule has 0 fully saturated rings. The molecule has 2 rings (SSSR count). The van der Waals surface area contributed by atoms with Crippen molar-refractivity contribution in [3.8, 4) is 0 Å². The van der Waals surface area contributed by atoms with Crippen LogP contribution in [0.25, 0.3) is 0 Å². The lowest BCUT2D eigenvalue weighted by Gasteiger charge is -2.06. The van der Waals surface area contributed by atoms with E-state index in [1.54, 1.807) is 4.68 Å². The Balaban J connectivity index is 2.44. The molecule has 0 radical (unpaired) electrons. The molecule has 0 saturated heterocycles. The van der Waals surface area contributed by atoms with Crippen molar-refractivity contribution in [2.45, 2.75) is 39.7 Å². The van der Waals surface area contributed by atoms with Gasteiger partial charge in [0.05, 0.1) is 16.9 Å². The molecule has 2 aromatic heterocycles. The van der Waals surface area contributed by atoms with Crippen molar-refractivity contribution in [2.75, 3.05) is 0 Å². The maximum Gasteiger partial charge on any atom is 0.226 e. The molecule has 0 amide bonds. The van der Waals surface area contributed by atoms with Crippen molar-refractivity contribution in [1.29, 1.82) is 0 Å². The molecule has 0 aliphatic carbocycles. The van der Waals surface area contributed by atoms with E-state index in [9.17, 15) is 4.79 Å². The Labute approximate surface area is 120 Å². The van der Waals surface area contributed by atoms with Gasteiger partial charge in [0.25, 0.3) is 0 Å². The van der Waals surface area contributed by atoms with Gasteiger partial charge in [-0.05, 0) is 23.9 Å². The van der Waals surface area contributed by atoms with Gasteiger partial charge < -0.3 is 0 Å². The van der Waals surface area contributed by atoms with Crippen LogP contribution in [0.4, 0.5) is 0 Å². The van der Waals surface area contributed by atoms with E-state index in [2.05, 4.69) is 14.7 Å². The highest BCUT2D eigenvalue weighted by Gasteiger charge is 2.25. The summed E-state index contributed by atoms with van der Waals surface area (Å²) in [4.78, 5) is 13.1. The lowest BCUT2D eigenvalue weighted by Crippen LogP contribution is -2.12. The Morgan fingerprint density at radius 3 is 2.89 bits per heavy atom. The van der Waals surface area contributed by atoms with Crippen molar-refractivity contribution >= 4 is 28.9 Å². The molecule has 0 aliphatic heterocycles. The zero-order valence-corrected chi connectivity index (χ0v) is 12.6. The summed E-state index contributed by atoms with van der Waals surface area (Å²) < 4.78 is 5.53. The molecular weight excluding hydrogens is 284 g/mol. The van der Waals surface area contributed by atoms with Crippen LogP contribution >= 0.6 is 23.1 Å². The van der Waals surface area contributed by atoms with Crippen LogP contribution in [-0.2, 0) is 6.54 Å². The molecule has 2 aromatic rings. The van der Waals surface area contributed by atoms with Crippen LogP contribution in [0.1, 0.15) is 54.2 Å². The topological polar surface area (TPSA) is 60.7 Å². The van der Waals surface area contributed by atoms with Gasteiger partial charge in [0, 0.05) is 6.54 Å². The van der Waals surface area contributed by atoms with Crippen LogP contribution in [-0.4, -0.2) is 25.2 Å². The maximum absolute atomic E-state index is 12.6. The molecule has 7 heteroatoms. The fourth-order valence-electron chi connectivity index (χ4n) is 1.81. The smallest absolute Gasteiger partial charge is 0.226 e. The molecule has 0 spiro atoms. The van der Waals surface area contributed by atoms with E-state index in [1.165, 1.54) is 6.20 Å². The number of halogens is 1. The number of aromatic nitrogens is 4. The molecule has 0 unspecified atom stereocenters. The van der Waals surface area contributed by atoms with Crippen molar-refractivity contribution in [2.24, 2.45) is 0 Å². The number of hydrogen-bond donors (Lipinski definition) is 0. The zero-order chi connectivity index (χ0) is 14.0. The van der Waals surface area contributed by atoms with E-state index in [1.807, 2.05) is 20.8 Å². The Morgan fingerprint density at radius 2 is 2.26 bits per heavy atom. The average Bonchev–Trinajstić information content (AvgIpc) is 2.96. The normalized spacial score (nSPS) is 11.2. The first-order chi connectivity index (χ1) is 9.06. The minimum Gasteiger partial charge on any atom is -0.286 e. The van der Waals surface area contributed by atoms with Gasteiger partial charge in [0.15, 0.2) is 0 Å². The molecule has 0 atom stereocenters. The van der Waals surface area contributed by atoms with Crippen molar-refractivity contribution in [3.05, 3.63) is 27.5 Å². The highest BCUT2D eigenvalue weighted by atomic mass is 35.5. The van der Waals surface area contributed by atoms with Gasteiger partial charge in [-0.25, -0.2) is 0 Å². The SMILES string of the molecule is CCCn1ncc(Cl)c1C(=O)c1snnc1C(C)C. The third-order valence-corrected chi connectivity index (χ3v) is 3.73. The fourth-order valence-corrected chi connectivity index (χ4v) is 2.80. The Kier molecular flexibility index (Phi) is 4.31. The standard InChI is InChI=1S/C12H15ClN4OS/c1-4-5-17-10(8(13)6-14-17)11(18)12-9(7(2)3)15-16-19-12/h6-7H,4-5H2,1-3H3. The first-order valence-electron chi connectivity index (χ1n) is 6.14. The number of hydrogen-bond acceptors (Lipinski definition) is 5. The number of rotatable bonds is 5. The molecule has 0 aliphatic rings. The molecule has 5 nitrogen and oxygen atoms in total. The highest BCUT2D eigenvalue weighted by Crippen LogP contribution is 2.26. The fraction of sp³-hybridized carbons (Fsp3) is 0.500. The summed E-state index contributed by atoms with van der Waals surface area (Å²) in [5, 5.41) is 8.54. The predicted octanol–water partition coefficient (Wildman–Crippen LogP) is 3.15. The van der Waals surface area contributed by atoms with E-state index in [4.69, 9.17) is 11.6 Å².